The summed E-state index contributed by atoms with van der Waals surface area (Å²) in [6.45, 7) is 8.36. The van der Waals surface area contributed by atoms with Gasteiger partial charge in [0, 0.05) is 25.6 Å². The molecule has 0 aromatic carbocycles. The predicted octanol–water partition coefficient (Wildman–Crippen LogP) is 0.729. The summed E-state index contributed by atoms with van der Waals surface area (Å²) in [4.78, 5) is 11.7. The Morgan fingerprint density at radius 1 is 1.33 bits per heavy atom. The van der Waals surface area contributed by atoms with Gasteiger partial charge in [-0.05, 0) is 33.1 Å². The molecule has 7 heteroatoms. The Morgan fingerprint density at radius 2 is 2.00 bits per heavy atom. The molecule has 6 nitrogen and oxygen atoms in total. The molecule has 2 heterocycles. The van der Waals surface area contributed by atoms with Crippen molar-refractivity contribution in [3.8, 4) is 0 Å². The minimum absolute atomic E-state index is 0.0355. The Labute approximate surface area is 127 Å². The molecule has 2 saturated heterocycles. The molecule has 0 spiro atoms. The fourth-order valence-corrected chi connectivity index (χ4v) is 4.43. The van der Waals surface area contributed by atoms with E-state index in [2.05, 4.69) is 5.32 Å². The molecule has 0 aliphatic carbocycles. The molecule has 4 atom stereocenters. The fraction of sp³-hybridized carbons (Fsp3) is 0.929. The van der Waals surface area contributed by atoms with Crippen LogP contribution in [0.2, 0.25) is 0 Å². The lowest BCUT2D eigenvalue weighted by atomic mass is 9.94. The van der Waals surface area contributed by atoms with Crippen LogP contribution < -0.4 is 5.32 Å². The number of hydrogen-bond acceptors (Lipinski definition) is 5. The molecule has 0 aromatic rings. The van der Waals surface area contributed by atoms with Crippen LogP contribution in [-0.2, 0) is 19.6 Å². The highest BCUT2D eigenvalue weighted by molar-refractivity contribution is 7.89. The molecular formula is C14H26N2O4S. The smallest absolute Gasteiger partial charge is 0.323 e. The maximum atomic E-state index is 12.2. The number of carbonyl (C=O) groups is 1. The Kier molecular flexibility index (Phi) is 4.95. The number of piperidine rings is 1. The quantitative estimate of drug-likeness (QED) is 0.773. The lowest BCUT2D eigenvalue weighted by molar-refractivity contribution is -0.142. The molecule has 2 rings (SSSR count). The molecular weight excluding hydrogens is 292 g/mol. The van der Waals surface area contributed by atoms with Crippen molar-refractivity contribution in [2.75, 3.05) is 13.1 Å². The first-order chi connectivity index (χ1) is 9.71. The molecule has 2 aliphatic heterocycles. The van der Waals surface area contributed by atoms with Crippen molar-refractivity contribution in [3.63, 3.8) is 0 Å². The second-order valence-corrected chi connectivity index (χ2v) is 9.02. The van der Waals surface area contributed by atoms with Crippen molar-refractivity contribution in [3.05, 3.63) is 0 Å². The van der Waals surface area contributed by atoms with Crippen LogP contribution in [0.15, 0.2) is 0 Å². The number of sulfonamides is 1. The first-order valence-electron chi connectivity index (χ1n) is 7.67. The van der Waals surface area contributed by atoms with Crippen LogP contribution in [-0.4, -0.2) is 55.2 Å². The van der Waals surface area contributed by atoms with Gasteiger partial charge in [0.25, 0.3) is 0 Å². The van der Waals surface area contributed by atoms with Gasteiger partial charge in [0.1, 0.15) is 12.1 Å². The number of nitrogens with zero attached hydrogens (tertiary/aromatic N) is 1. The van der Waals surface area contributed by atoms with Crippen molar-refractivity contribution in [2.45, 2.75) is 64.0 Å². The van der Waals surface area contributed by atoms with E-state index >= 15 is 0 Å². The van der Waals surface area contributed by atoms with Crippen LogP contribution in [0.1, 0.15) is 40.5 Å². The number of nitrogens with one attached hydrogen (secondary N) is 1. The highest BCUT2D eigenvalue weighted by Gasteiger charge is 2.38. The Morgan fingerprint density at radius 3 is 2.48 bits per heavy atom. The first-order valence-corrected chi connectivity index (χ1v) is 9.17. The van der Waals surface area contributed by atoms with Crippen LogP contribution >= 0.6 is 0 Å². The number of hydrogen-bond donors (Lipinski definition) is 1. The standard InChI is InChI=1S/C14H26N2O4S/c1-9(2)21(18,19)16-6-5-12(10(3)8-16)15-13-7-11(4)20-14(13)17/h9-13,15H,5-8H2,1-4H3/t10-,11+,12+,13-/m0/s1. The van der Waals surface area contributed by atoms with E-state index in [4.69, 9.17) is 4.74 Å². The van der Waals surface area contributed by atoms with Crippen molar-refractivity contribution in [2.24, 2.45) is 5.92 Å². The zero-order chi connectivity index (χ0) is 15.8. The zero-order valence-corrected chi connectivity index (χ0v) is 14.0. The second-order valence-electron chi connectivity index (χ2n) is 6.53. The minimum Gasteiger partial charge on any atom is -0.461 e. The topological polar surface area (TPSA) is 75.7 Å². The summed E-state index contributed by atoms with van der Waals surface area (Å²) >= 11 is 0. The number of rotatable bonds is 4. The lowest BCUT2D eigenvalue weighted by Gasteiger charge is -2.38. The molecule has 1 N–H and O–H groups in total. The molecule has 2 aliphatic rings. The van der Waals surface area contributed by atoms with Gasteiger partial charge in [0.15, 0.2) is 0 Å². The van der Waals surface area contributed by atoms with Crippen LogP contribution in [0.5, 0.6) is 0 Å². The van der Waals surface area contributed by atoms with Gasteiger partial charge < -0.3 is 10.1 Å². The molecule has 0 unspecified atom stereocenters. The Hall–Kier alpha value is -0.660. The summed E-state index contributed by atoms with van der Waals surface area (Å²) in [6.07, 6.45) is 1.38. The van der Waals surface area contributed by atoms with E-state index in [-0.39, 0.29) is 35.3 Å². The highest BCUT2D eigenvalue weighted by Crippen LogP contribution is 2.24. The number of esters is 1. The number of ether oxygens (including phenoxy) is 1. The van der Waals surface area contributed by atoms with Crippen molar-refractivity contribution < 1.29 is 17.9 Å². The number of cyclic esters (lactones) is 1. The van der Waals surface area contributed by atoms with Crippen molar-refractivity contribution in [1.29, 1.82) is 0 Å². The molecule has 122 valence electrons. The third-order valence-electron chi connectivity index (χ3n) is 4.41. The van der Waals surface area contributed by atoms with Gasteiger partial charge in [-0.1, -0.05) is 6.92 Å². The average molecular weight is 318 g/mol. The van der Waals surface area contributed by atoms with Crippen LogP contribution in [0.25, 0.3) is 0 Å². The molecule has 0 bridgehead atoms. The van der Waals surface area contributed by atoms with E-state index < -0.39 is 10.0 Å². The monoisotopic (exact) mass is 318 g/mol. The highest BCUT2D eigenvalue weighted by atomic mass is 32.2. The third-order valence-corrected chi connectivity index (χ3v) is 6.65. The summed E-state index contributed by atoms with van der Waals surface area (Å²) in [5.41, 5.74) is 0. The summed E-state index contributed by atoms with van der Waals surface area (Å²) in [5.74, 6) is -0.0112. The van der Waals surface area contributed by atoms with Crippen LogP contribution in [0.4, 0.5) is 0 Å². The normalized spacial score (nSPS) is 35.2. The maximum absolute atomic E-state index is 12.2. The minimum atomic E-state index is -3.19. The van der Waals surface area contributed by atoms with Crippen molar-refractivity contribution >= 4 is 16.0 Å². The summed E-state index contributed by atoms with van der Waals surface area (Å²) < 4.78 is 31.1. The predicted molar refractivity (Wildman–Crippen MR) is 80.3 cm³/mol. The van der Waals surface area contributed by atoms with Gasteiger partial charge in [-0.25, -0.2) is 12.7 Å². The molecule has 2 fully saturated rings. The van der Waals surface area contributed by atoms with Crippen molar-refractivity contribution in [1.82, 2.24) is 9.62 Å². The molecule has 0 saturated carbocycles. The van der Waals surface area contributed by atoms with Gasteiger partial charge in [0.05, 0.1) is 5.25 Å². The fourth-order valence-electron chi connectivity index (χ4n) is 3.04. The van der Waals surface area contributed by atoms with Gasteiger partial charge in [-0.3, -0.25) is 4.79 Å². The first kappa shape index (κ1) is 16.7. The maximum Gasteiger partial charge on any atom is 0.323 e. The lowest BCUT2D eigenvalue weighted by Crippen LogP contribution is -2.54. The third kappa shape index (κ3) is 3.57. The molecule has 0 radical (unpaired) electrons. The zero-order valence-electron chi connectivity index (χ0n) is 13.2. The van der Waals surface area contributed by atoms with E-state index in [1.807, 2.05) is 13.8 Å². The number of carbonyl (C=O) groups excluding carboxylic acids is 1. The summed E-state index contributed by atoms with van der Waals surface area (Å²) in [6, 6.07) is -0.0906. The largest absolute Gasteiger partial charge is 0.461 e. The van der Waals surface area contributed by atoms with E-state index in [0.29, 0.717) is 19.5 Å². The van der Waals surface area contributed by atoms with E-state index in [9.17, 15) is 13.2 Å². The van der Waals surface area contributed by atoms with Gasteiger partial charge in [0.2, 0.25) is 10.0 Å². The molecule has 0 aromatic heterocycles. The Bertz CT molecular complexity index is 491. The van der Waals surface area contributed by atoms with E-state index in [1.54, 1.807) is 18.2 Å². The van der Waals surface area contributed by atoms with Crippen LogP contribution in [0.3, 0.4) is 0 Å². The van der Waals surface area contributed by atoms with Gasteiger partial charge in [-0.2, -0.15) is 0 Å². The van der Waals surface area contributed by atoms with E-state index in [0.717, 1.165) is 6.42 Å². The summed E-state index contributed by atoms with van der Waals surface area (Å²) in [7, 11) is -3.19. The van der Waals surface area contributed by atoms with Gasteiger partial charge in [-0.15, -0.1) is 0 Å². The van der Waals surface area contributed by atoms with Gasteiger partial charge >= 0.3 is 5.97 Å². The Balaban J connectivity index is 1.94. The molecule has 21 heavy (non-hydrogen) atoms. The molecule has 0 amide bonds. The second kappa shape index (κ2) is 6.22. The van der Waals surface area contributed by atoms with E-state index in [1.165, 1.54) is 0 Å². The summed E-state index contributed by atoms with van der Waals surface area (Å²) in [5, 5.41) is 2.96. The van der Waals surface area contributed by atoms with Crippen LogP contribution in [0, 0.1) is 5.92 Å². The average Bonchev–Trinajstić information content (AvgIpc) is 2.70. The SMILES string of the molecule is CC(C)S(=O)(=O)N1CC[C@@H](N[C@H]2C[C@@H](C)OC2=O)[C@@H](C)C1.